The molecule has 0 aliphatic rings. The van der Waals surface area contributed by atoms with E-state index < -0.39 is 0 Å². The molecule has 0 radical (unpaired) electrons. The molecule has 0 unspecified atom stereocenters. The molecule has 2 aromatic heterocycles. The first-order valence-corrected chi connectivity index (χ1v) is 6.72. The second kappa shape index (κ2) is 5.09. The number of halogens is 1. The predicted octanol–water partition coefficient (Wildman–Crippen LogP) is 2.23. The van der Waals surface area contributed by atoms with Crippen LogP contribution in [-0.4, -0.2) is 26.6 Å². The Morgan fingerprint density at radius 2 is 2.15 bits per heavy atom. The van der Waals surface area contributed by atoms with Crippen LogP contribution >= 0.6 is 15.9 Å². The highest BCUT2D eigenvalue weighted by molar-refractivity contribution is 9.10. The number of hydrogen-bond acceptors (Lipinski definition) is 5. The van der Waals surface area contributed by atoms with E-state index in [9.17, 15) is 0 Å². The van der Waals surface area contributed by atoms with Crippen molar-refractivity contribution in [1.82, 2.24) is 19.5 Å². The monoisotopic (exact) mass is 333 g/mol. The van der Waals surface area contributed by atoms with Crippen LogP contribution < -0.4 is 10.5 Å². The second-order valence-corrected chi connectivity index (χ2v) is 5.18. The van der Waals surface area contributed by atoms with Crippen molar-refractivity contribution in [3.8, 4) is 5.75 Å². The van der Waals surface area contributed by atoms with E-state index in [1.807, 2.05) is 22.8 Å². The van der Waals surface area contributed by atoms with Gasteiger partial charge in [0.25, 0.3) is 0 Å². The van der Waals surface area contributed by atoms with Crippen LogP contribution in [0.5, 0.6) is 5.75 Å². The minimum absolute atomic E-state index is 0.384. The largest absolute Gasteiger partial charge is 0.496 e. The molecule has 2 heterocycles. The van der Waals surface area contributed by atoms with Crippen LogP contribution in [0, 0.1) is 0 Å². The quantitative estimate of drug-likeness (QED) is 0.795. The summed E-state index contributed by atoms with van der Waals surface area (Å²) in [5, 5.41) is 0. The van der Waals surface area contributed by atoms with E-state index in [0.717, 1.165) is 15.8 Å². The molecule has 7 heteroatoms. The fourth-order valence-electron chi connectivity index (χ4n) is 2.07. The summed E-state index contributed by atoms with van der Waals surface area (Å²) in [6.07, 6.45) is 3.14. The van der Waals surface area contributed by atoms with E-state index in [-0.39, 0.29) is 0 Å². The number of anilines is 1. The molecule has 0 saturated heterocycles. The molecule has 0 bridgehead atoms. The Bertz CT molecular complexity index is 771. The van der Waals surface area contributed by atoms with E-state index in [1.165, 1.54) is 6.33 Å². The Morgan fingerprint density at radius 3 is 2.95 bits per heavy atom. The van der Waals surface area contributed by atoms with Crippen molar-refractivity contribution in [3.63, 3.8) is 0 Å². The fraction of sp³-hybridized carbons (Fsp3) is 0.154. The van der Waals surface area contributed by atoms with E-state index in [2.05, 4.69) is 30.9 Å². The summed E-state index contributed by atoms with van der Waals surface area (Å²) >= 11 is 3.46. The second-order valence-electron chi connectivity index (χ2n) is 4.26. The Hall–Kier alpha value is -2.15. The number of nitrogen functional groups attached to an aromatic ring is 1. The van der Waals surface area contributed by atoms with Gasteiger partial charge >= 0.3 is 0 Å². The first-order valence-electron chi connectivity index (χ1n) is 5.93. The number of aromatic nitrogens is 4. The number of fused-ring (bicyclic) bond motifs is 1. The number of hydrogen-bond donors (Lipinski definition) is 1. The van der Waals surface area contributed by atoms with Crippen LogP contribution in [0.3, 0.4) is 0 Å². The standard InChI is InChI=1S/C13H12BrN5O/c1-20-10-3-2-9(14)4-8(10)5-19-7-18-11-12(15)16-6-17-13(11)19/h2-4,6-7H,5H2,1H3,(H2,15,16,17). The van der Waals surface area contributed by atoms with Crippen molar-refractivity contribution in [2.24, 2.45) is 0 Å². The Morgan fingerprint density at radius 1 is 1.30 bits per heavy atom. The average molecular weight is 334 g/mol. The highest BCUT2D eigenvalue weighted by Crippen LogP contribution is 2.25. The third-order valence-electron chi connectivity index (χ3n) is 3.01. The summed E-state index contributed by atoms with van der Waals surface area (Å²) in [4.78, 5) is 12.4. The molecule has 102 valence electrons. The van der Waals surface area contributed by atoms with Gasteiger partial charge in [-0.2, -0.15) is 0 Å². The van der Waals surface area contributed by atoms with Crippen molar-refractivity contribution in [2.45, 2.75) is 6.54 Å². The summed E-state index contributed by atoms with van der Waals surface area (Å²) in [6, 6.07) is 5.87. The molecular formula is C13H12BrN5O. The van der Waals surface area contributed by atoms with E-state index >= 15 is 0 Å². The van der Waals surface area contributed by atoms with Crippen LogP contribution in [0.15, 0.2) is 35.3 Å². The average Bonchev–Trinajstić information content (AvgIpc) is 2.84. The normalized spacial score (nSPS) is 10.9. The van der Waals surface area contributed by atoms with Gasteiger partial charge in [0.1, 0.15) is 17.6 Å². The van der Waals surface area contributed by atoms with E-state index in [4.69, 9.17) is 10.5 Å². The summed E-state index contributed by atoms with van der Waals surface area (Å²) in [5.41, 5.74) is 8.13. The molecule has 0 saturated carbocycles. The predicted molar refractivity (Wildman–Crippen MR) is 79.5 cm³/mol. The first kappa shape index (κ1) is 12.9. The molecule has 0 fully saturated rings. The number of imidazole rings is 1. The number of ether oxygens (including phenoxy) is 1. The maximum Gasteiger partial charge on any atom is 0.165 e. The molecular weight excluding hydrogens is 322 g/mol. The lowest BCUT2D eigenvalue weighted by molar-refractivity contribution is 0.408. The van der Waals surface area contributed by atoms with Gasteiger partial charge in [0.05, 0.1) is 20.0 Å². The molecule has 0 aliphatic heterocycles. The van der Waals surface area contributed by atoms with Crippen molar-refractivity contribution in [1.29, 1.82) is 0 Å². The highest BCUT2D eigenvalue weighted by Gasteiger charge is 2.10. The third kappa shape index (κ3) is 2.20. The molecule has 3 aromatic rings. The third-order valence-corrected chi connectivity index (χ3v) is 3.51. The number of methoxy groups -OCH3 is 1. The molecule has 1 aromatic carbocycles. The summed E-state index contributed by atoms with van der Waals surface area (Å²) in [5.74, 6) is 1.20. The van der Waals surface area contributed by atoms with Gasteiger partial charge in [0.2, 0.25) is 0 Å². The number of nitrogens with two attached hydrogens (primary N) is 1. The summed E-state index contributed by atoms with van der Waals surface area (Å²) < 4.78 is 8.28. The van der Waals surface area contributed by atoms with Crippen LogP contribution in [0.2, 0.25) is 0 Å². The van der Waals surface area contributed by atoms with Gasteiger partial charge in [0, 0.05) is 10.0 Å². The van der Waals surface area contributed by atoms with Crippen molar-refractivity contribution in [2.75, 3.05) is 12.8 Å². The Labute approximate surface area is 123 Å². The smallest absolute Gasteiger partial charge is 0.165 e. The Kier molecular flexibility index (Phi) is 3.27. The summed E-state index contributed by atoms with van der Waals surface area (Å²) in [7, 11) is 1.65. The topological polar surface area (TPSA) is 78.9 Å². The molecule has 0 atom stereocenters. The fourth-order valence-corrected chi connectivity index (χ4v) is 2.48. The molecule has 2 N–H and O–H groups in total. The Balaban J connectivity index is 2.06. The van der Waals surface area contributed by atoms with Gasteiger partial charge in [0.15, 0.2) is 11.5 Å². The van der Waals surface area contributed by atoms with Crippen LogP contribution in [0.4, 0.5) is 5.82 Å². The lowest BCUT2D eigenvalue weighted by Gasteiger charge is -2.10. The number of nitrogens with zero attached hydrogens (tertiary/aromatic N) is 4. The van der Waals surface area contributed by atoms with Crippen LogP contribution in [0.1, 0.15) is 5.56 Å². The molecule has 0 aliphatic carbocycles. The van der Waals surface area contributed by atoms with Crippen molar-refractivity contribution >= 4 is 32.9 Å². The van der Waals surface area contributed by atoms with Crippen LogP contribution in [0.25, 0.3) is 11.2 Å². The van der Waals surface area contributed by atoms with E-state index in [1.54, 1.807) is 13.4 Å². The maximum absolute atomic E-state index is 5.78. The molecule has 3 rings (SSSR count). The van der Waals surface area contributed by atoms with Gasteiger partial charge in [-0.3, -0.25) is 0 Å². The molecule has 0 amide bonds. The zero-order valence-corrected chi connectivity index (χ0v) is 12.3. The van der Waals surface area contributed by atoms with Crippen molar-refractivity contribution < 1.29 is 4.74 Å². The molecule has 20 heavy (non-hydrogen) atoms. The highest BCUT2D eigenvalue weighted by atomic mass is 79.9. The van der Waals surface area contributed by atoms with Crippen LogP contribution in [-0.2, 0) is 6.54 Å². The number of benzene rings is 1. The van der Waals surface area contributed by atoms with Gasteiger partial charge in [-0.15, -0.1) is 0 Å². The lowest BCUT2D eigenvalue weighted by Crippen LogP contribution is -2.02. The SMILES string of the molecule is COc1ccc(Br)cc1Cn1cnc2c(N)ncnc21. The van der Waals surface area contributed by atoms with Gasteiger partial charge in [-0.1, -0.05) is 15.9 Å². The maximum atomic E-state index is 5.78. The molecule has 6 nitrogen and oxygen atoms in total. The molecule has 0 spiro atoms. The first-order chi connectivity index (χ1) is 9.69. The minimum Gasteiger partial charge on any atom is -0.496 e. The van der Waals surface area contributed by atoms with Gasteiger partial charge < -0.3 is 15.0 Å². The number of rotatable bonds is 3. The zero-order valence-electron chi connectivity index (χ0n) is 10.7. The van der Waals surface area contributed by atoms with Gasteiger partial charge in [-0.05, 0) is 18.2 Å². The lowest BCUT2D eigenvalue weighted by atomic mass is 10.2. The van der Waals surface area contributed by atoms with Crippen molar-refractivity contribution in [3.05, 3.63) is 40.9 Å². The minimum atomic E-state index is 0.384. The van der Waals surface area contributed by atoms with E-state index in [0.29, 0.717) is 23.5 Å². The van der Waals surface area contributed by atoms with Gasteiger partial charge in [-0.25, -0.2) is 15.0 Å². The zero-order chi connectivity index (χ0) is 14.1. The summed E-state index contributed by atoms with van der Waals surface area (Å²) in [6.45, 7) is 0.593.